The van der Waals surface area contributed by atoms with Crippen LogP contribution in [-0.4, -0.2) is 29.6 Å². The number of carbonyl (C=O) groups excluding carboxylic acids is 3. The fourth-order valence-electron chi connectivity index (χ4n) is 6.51. The molecule has 3 aliphatic rings. The lowest BCUT2D eigenvalue weighted by Crippen LogP contribution is -2.51. The number of ketones is 2. The van der Waals surface area contributed by atoms with Gasteiger partial charge in [-0.25, -0.2) is 4.39 Å². The van der Waals surface area contributed by atoms with Crippen molar-refractivity contribution in [2.45, 2.75) is 17.5 Å². The van der Waals surface area contributed by atoms with Crippen molar-refractivity contribution in [3.05, 3.63) is 123 Å². The average Bonchev–Trinajstić information content (AvgIpc) is 3.65. The van der Waals surface area contributed by atoms with Gasteiger partial charge in [0.2, 0.25) is 5.91 Å². The van der Waals surface area contributed by atoms with Crippen LogP contribution in [-0.2, 0) is 10.2 Å². The Balaban J connectivity index is 1.54. The van der Waals surface area contributed by atoms with Gasteiger partial charge in [-0.05, 0) is 71.1 Å². The molecule has 4 atom stereocenters. The van der Waals surface area contributed by atoms with Crippen LogP contribution in [0.5, 0.6) is 0 Å². The lowest BCUT2D eigenvalue weighted by atomic mass is 9.64. The minimum absolute atomic E-state index is 0.238. The first kappa shape index (κ1) is 24.0. The number of hydrogen-bond donors (Lipinski definition) is 1. The van der Waals surface area contributed by atoms with Crippen molar-refractivity contribution in [3.63, 3.8) is 0 Å². The molecule has 4 aromatic rings. The van der Waals surface area contributed by atoms with Crippen LogP contribution in [0.2, 0.25) is 5.02 Å². The van der Waals surface area contributed by atoms with Gasteiger partial charge in [-0.1, -0.05) is 48.0 Å². The molecule has 3 aromatic carbocycles. The predicted molar refractivity (Wildman–Crippen MR) is 150 cm³/mol. The zero-order chi connectivity index (χ0) is 26.9. The number of carbonyl (C=O) groups is 3. The number of rotatable bonds is 4. The molecular formula is C31H20ClFN2O3S. The van der Waals surface area contributed by atoms with E-state index in [1.54, 1.807) is 30.3 Å². The summed E-state index contributed by atoms with van der Waals surface area (Å²) in [4.78, 5) is 45.5. The Morgan fingerprint density at radius 2 is 1.77 bits per heavy atom. The number of thiophene rings is 1. The van der Waals surface area contributed by atoms with E-state index in [-0.39, 0.29) is 17.3 Å². The van der Waals surface area contributed by atoms with Crippen LogP contribution in [0.3, 0.4) is 0 Å². The molecule has 0 saturated carbocycles. The Hall–Kier alpha value is -4.07. The van der Waals surface area contributed by atoms with Crippen LogP contribution in [0.4, 0.5) is 15.8 Å². The highest BCUT2D eigenvalue weighted by Gasteiger charge is 2.70. The molecule has 1 spiro atoms. The number of anilines is 2. The molecule has 4 heterocycles. The summed E-state index contributed by atoms with van der Waals surface area (Å²) in [6.45, 7) is 0. The Bertz CT molecular complexity index is 1700. The average molecular weight is 555 g/mol. The van der Waals surface area contributed by atoms with Gasteiger partial charge in [0.25, 0.3) is 0 Å². The number of benzene rings is 3. The summed E-state index contributed by atoms with van der Waals surface area (Å²) in [6, 6.07) is 19.8. The molecule has 0 radical (unpaired) electrons. The number of nitrogens with one attached hydrogen (secondary N) is 1. The van der Waals surface area contributed by atoms with Crippen molar-refractivity contribution in [1.82, 2.24) is 0 Å². The third-order valence-corrected chi connectivity index (χ3v) is 9.16. The van der Waals surface area contributed by atoms with E-state index in [2.05, 4.69) is 5.32 Å². The van der Waals surface area contributed by atoms with E-state index in [4.69, 9.17) is 11.6 Å². The minimum atomic E-state index is -1.41. The summed E-state index contributed by atoms with van der Waals surface area (Å²) in [5, 5.41) is 5.34. The third-order valence-electron chi connectivity index (χ3n) is 8.04. The molecule has 0 aliphatic carbocycles. The van der Waals surface area contributed by atoms with E-state index in [0.717, 1.165) is 5.56 Å². The van der Waals surface area contributed by atoms with Gasteiger partial charge in [0, 0.05) is 22.0 Å². The van der Waals surface area contributed by atoms with Crippen molar-refractivity contribution in [3.8, 4) is 0 Å². The first-order valence-corrected chi connectivity index (χ1v) is 13.7. The fraction of sp³-hybridized carbons (Fsp3) is 0.129. The van der Waals surface area contributed by atoms with E-state index in [1.165, 1.54) is 35.6 Å². The molecule has 1 N–H and O–H groups in total. The molecule has 7 rings (SSSR count). The van der Waals surface area contributed by atoms with Gasteiger partial charge in [0.05, 0.1) is 16.8 Å². The molecule has 1 fully saturated rings. The molecule has 0 bridgehead atoms. The van der Waals surface area contributed by atoms with Gasteiger partial charge in [0.15, 0.2) is 11.6 Å². The van der Waals surface area contributed by atoms with Crippen LogP contribution < -0.4 is 10.2 Å². The van der Waals surface area contributed by atoms with E-state index >= 15 is 0 Å². The molecule has 5 nitrogen and oxygen atoms in total. The summed E-state index contributed by atoms with van der Waals surface area (Å²) >= 11 is 7.61. The summed E-state index contributed by atoms with van der Waals surface area (Å²) in [7, 11) is 0. The summed E-state index contributed by atoms with van der Waals surface area (Å²) in [5.41, 5.74) is 1.61. The topological polar surface area (TPSA) is 66.5 Å². The quantitative estimate of drug-likeness (QED) is 0.297. The SMILES string of the molecule is O=C(c1cccs1)[C@@H]1[C@H](C(=O)c2ccc(F)cc2)[C@]2(C(=O)Nc3ccccc32)[C@H]2C=Cc3cc(Cl)ccc3N12. The highest BCUT2D eigenvalue weighted by molar-refractivity contribution is 7.12. The molecular weight excluding hydrogens is 535 g/mol. The number of halogens is 2. The molecule has 1 amide bonds. The molecule has 0 unspecified atom stereocenters. The minimum Gasteiger partial charge on any atom is -0.352 e. The number of nitrogens with zero attached hydrogens (tertiary/aromatic N) is 1. The molecule has 1 aromatic heterocycles. The van der Waals surface area contributed by atoms with Crippen LogP contribution in [0.1, 0.15) is 31.2 Å². The maximum absolute atomic E-state index is 14.5. The van der Waals surface area contributed by atoms with E-state index in [1.807, 2.05) is 46.7 Å². The van der Waals surface area contributed by atoms with Crippen molar-refractivity contribution in [2.75, 3.05) is 10.2 Å². The Morgan fingerprint density at radius 3 is 2.54 bits per heavy atom. The maximum atomic E-state index is 14.5. The van der Waals surface area contributed by atoms with Gasteiger partial charge in [-0.2, -0.15) is 0 Å². The molecule has 39 heavy (non-hydrogen) atoms. The number of hydrogen-bond acceptors (Lipinski definition) is 5. The second-order valence-electron chi connectivity index (χ2n) is 9.92. The second kappa shape index (κ2) is 8.73. The summed E-state index contributed by atoms with van der Waals surface area (Å²) in [5.74, 6) is -2.56. The summed E-state index contributed by atoms with van der Waals surface area (Å²) in [6.07, 6.45) is 3.79. The molecule has 1 saturated heterocycles. The lowest BCUT2D eigenvalue weighted by Gasteiger charge is -2.37. The first-order valence-electron chi connectivity index (χ1n) is 12.5. The van der Waals surface area contributed by atoms with Gasteiger partial charge in [-0.3, -0.25) is 14.4 Å². The zero-order valence-corrected chi connectivity index (χ0v) is 21.9. The lowest BCUT2D eigenvalue weighted by molar-refractivity contribution is -0.121. The Morgan fingerprint density at radius 1 is 0.974 bits per heavy atom. The highest BCUT2D eigenvalue weighted by atomic mass is 35.5. The second-order valence-corrected chi connectivity index (χ2v) is 11.3. The van der Waals surface area contributed by atoms with Gasteiger partial charge >= 0.3 is 0 Å². The standard InChI is InChI=1S/C31H20ClFN2O3S/c32-19-10-13-23-18(16-19)9-14-25-31(21-4-1-2-5-22(21)34-30(31)38)26(28(36)17-7-11-20(33)12-8-17)27(35(23)25)29(37)24-6-3-15-39-24/h1-16,25-27H,(H,34,38)/t25-,26-,27+,31-/m1/s1. The monoisotopic (exact) mass is 554 g/mol. The predicted octanol–water partition coefficient (Wildman–Crippen LogP) is 6.40. The van der Waals surface area contributed by atoms with Crippen molar-refractivity contribution >= 4 is 57.9 Å². The smallest absolute Gasteiger partial charge is 0.238 e. The van der Waals surface area contributed by atoms with E-state index in [0.29, 0.717) is 26.8 Å². The van der Waals surface area contributed by atoms with E-state index in [9.17, 15) is 18.8 Å². The fourth-order valence-corrected chi connectivity index (χ4v) is 7.39. The van der Waals surface area contributed by atoms with E-state index < -0.39 is 35.0 Å². The zero-order valence-electron chi connectivity index (χ0n) is 20.3. The third kappa shape index (κ3) is 3.33. The van der Waals surface area contributed by atoms with Crippen LogP contribution in [0, 0.1) is 11.7 Å². The normalized spacial score (nSPS) is 24.3. The number of Topliss-reactive ketones (excluding diaryl/α,β-unsaturated/α-hetero) is 2. The Kier molecular flexibility index (Phi) is 5.37. The van der Waals surface area contributed by atoms with Gasteiger partial charge < -0.3 is 10.2 Å². The Labute approximate surface area is 232 Å². The highest BCUT2D eigenvalue weighted by Crippen LogP contribution is 2.58. The molecule has 3 aliphatic heterocycles. The first-order chi connectivity index (χ1) is 18.9. The van der Waals surface area contributed by atoms with Gasteiger partial charge in [-0.15, -0.1) is 11.3 Å². The largest absolute Gasteiger partial charge is 0.352 e. The summed E-state index contributed by atoms with van der Waals surface area (Å²) < 4.78 is 13.9. The maximum Gasteiger partial charge on any atom is 0.238 e. The number of fused-ring (bicyclic) bond motifs is 6. The van der Waals surface area contributed by atoms with Crippen LogP contribution in [0.25, 0.3) is 6.08 Å². The number of para-hydroxylation sites is 1. The van der Waals surface area contributed by atoms with Crippen molar-refractivity contribution in [2.24, 2.45) is 5.92 Å². The number of amides is 1. The van der Waals surface area contributed by atoms with Gasteiger partial charge in [0.1, 0.15) is 17.3 Å². The van der Waals surface area contributed by atoms with Crippen LogP contribution in [0.15, 0.2) is 90.3 Å². The molecule has 192 valence electrons. The van der Waals surface area contributed by atoms with Crippen molar-refractivity contribution < 1.29 is 18.8 Å². The van der Waals surface area contributed by atoms with Crippen LogP contribution >= 0.6 is 22.9 Å². The molecule has 8 heteroatoms. The van der Waals surface area contributed by atoms with Crippen molar-refractivity contribution in [1.29, 1.82) is 0 Å².